The third-order valence-corrected chi connectivity index (χ3v) is 7.67. The summed E-state index contributed by atoms with van der Waals surface area (Å²) in [7, 11) is -1.77. The van der Waals surface area contributed by atoms with Crippen LogP contribution in [-0.4, -0.2) is 62.7 Å². The Morgan fingerprint density at radius 2 is 1.54 bits per heavy atom. The van der Waals surface area contributed by atoms with Crippen molar-refractivity contribution in [2.75, 3.05) is 33.2 Å². The van der Waals surface area contributed by atoms with Crippen LogP contribution in [-0.2, 0) is 16.6 Å². The van der Waals surface area contributed by atoms with Crippen LogP contribution >= 0.6 is 0 Å². The van der Waals surface area contributed by atoms with E-state index in [0.29, 0.717) is 38.3 Å². The van der Waals surface area contributed by atoms with Gasteiger partial charge in [-0.3, -0.25) is 4.79 Å². The van der Waals surface area contributed by atoms with Crippen molar-refractivity contribution in [1.82, 2.24) is 14.5 Å². The maximum Gasteiger partial charge on any atom is 0.343 e. The first-order valence-corrected chi connectivity index (χ1v) is 12.7. The van der Waals surface area contributed by atoms with E-state index in [-0.39, 0.29) is 22.1 Å². The van der Waals surface area contributed by atoms with Gasteiger partial charge >= 0.3 is 5.97 Å². The fraction of sp³-hybridized carbons (Fsp3) is 0.231. The summed E-state index contributed by atoms with van der Waals surface area (Å²) in [5.74, 6) is -0.816. The van der Waals surface area contributed by atoms with Crippen LogP contribution in [0.5, 0.6) is 5.75 Å². The van der Waals surface area contributed by atoms with Crippen molar-refractivity contribution in [1.29, 1.82) is 0 Å². The monoisotopic (exact) mass is 493 g/mol. The summed E-state index contributed by atoms with van der Waals surface area (Å²) < 4.78 is 32.9. The van der Waals surface area contributed by atoms with E-state index in [2.05, 4.69) is 10.2 Å². The van der Waals surface area contributed by atoms with Crippen molar-refractivity contribution in [3.05, 3.63) is 95.6 Å². The fourth-order valence-corrected chi connectivity index (χ4v) is 5.18. The maximum absolute atomic E-state index is 13.0. The summed E-state index contributed by atoms with van der Waals surface area (Å²) in [6.45, 7) is 2.46. The molecule has 3 aromatic rings. The highest BCUT2D eigenvalue weighted by Crippen LogP contribution is 2.21. The standard InChI is InChI=1S/C26H27N3O5S/c1-28-13-15-29(16-14-28)35(32,33)24-12-6-10-22(18-24)26(31)34-23-11-5-9-21(17-23)25(30)27-19-20-7-3-2-4-8-20/h2-12,17-18H,13-16,19H2,1H3,(H,27,30). The SMILES string of the molecule is CN1CCN(S(=O)(=O)c2cccc(C(=O)Oc3cccc(C(=O)NCc4ccccc4)c3)c2)CC1. The summed E-state index contributed by atoms with van der Waals surface area (Å²) in [6, 6.07) is 21.6. The lowest BCUT2D eigenvalue weighted by Gasteiger charge is -2.31. The summed E-state index contributed by atoms with van der Waals surface area (Å²) >= 11 is 0. The van der Waals surface area contributed by atoms with Gasteiger partial charge in [0.1, 0.15) is 5.75 Å². The number of benzene rings is 3. The van der Waals surface area contributed by atoms with Gasteiger partial charge in [0, 0.05) is 38.3 Å². The van der Waals surface area contributed by atoms with E-state index in [1.807, 2.05) is 37.4 Å². The van der Waals surface area contributed by atoms with Gasteiger partial charge in [0.2, 0.25) is 10.0 Å². The molecule has 1 amide bonds. The predicted octanol–water partition coefficient (Wildman–Crippen LogP) is 2.77. The number of nitrogens with one attached hydrogen (secondary N) is 1. The second-order valence-corrected chi connectivity index (χ2v) is 10.3. The minimum Gasteiger partial charge on any atom is -0.423 e. The molecule has 1 aliphatic rings. The molecule has 35 heavy (non-hydrogen) atoms. The Bertz CT molecular complexity index is 1300. The molecule has 1 N–H and O–H groups in total. The Balaban J connectivity index is 1.43. The number of nitrogens with zero attached hydrogens (tertiary/aromatic N) is 2. The van der Waals surface area contributed by atoms with E-state index in [9.17, 15) is 18.0 Å². The van der Waals surface area contributed by atoms with Gasteiger partial charge in [-0.25, -0.2) is 13.2 Å². The number of esters is 1. The average Bonchev–Trinajstić information content (AvgIpc) is 2.88. The average molecular weight is 494 g/mol. The Morgan fingerprint density at radius 1 is 0.857 bits per heavy atom. The third-order valence-electron chi connectivity index (χ3n) is 5.77. The molecule has 4 rings (SSSR count). The van der Waals surface area contributed by atoms with Gasteiger partial charge in [0.25, 0.3) is 5.91 Å². The molecule has 0 aromatic heterocycles. The van der Waals surface area contributed by atoms with Crippen LogP contribution in [0.15, 0.2) is 83.8 Å². The second kappa shape index (κ2) is 10.8. The van der Waals surface area contributed by atoms with Crippen LogP contribution in [0.1, 0.15) is 26.3 Å². The molecule has 1 aliphatic heterocycles. The maximum atomic E-state index is 13.0. The molecule has 9 heteroatoms. The second-order valence-electron chi connectivity index (χ2n) is 8.32. The van der Waals surface area contributed by atoms with E-state index >= 15 is 0 Å². The molecule has 0 atom stereocenters. The van der Waals surface area contributed by atoms with Gasteiger partial charge in [-0.2, -0.15) is 4.31 Å². The first-order valence-electron chi connectivity index (χ1n) is 11.3. The van der Waals surface area contributed by atoms with Crippen molar-refractivity contribution in [2.45, 2.75) is 11.4 Å². The number of piperazine rings is 1. The lowest BCUT2D eigenvalue weighted by molar-refractivity contribution is 0.0733. The topological polar surface area (TPSA) is 96.0 Å². The smallest absolute Gasteiger partial charge is 0.343 e. The minimum absolute atomic E-state index is 0.0468. The first kappa shape index (κ1) is 24.6. The number of hydrogen-bond acceptors (Lipinski definition) is 6. The van der Waals surface area contributed by atoms with Crippen LogP contribution in [0.2, 0.25) is 0 Å². The molecule has 0 unspecified atom stereocenters. The van der Waals surface area contributed by atoms with Gasteiger partial charge in [-0.15, -0.1) is 0 Å². The van der Waals surface area contributed by atoms with Gasteiger partial charge in [-0.1, -0.05) is 42.5 Å². The quantitative estimate of drug-likeness (QED) is 0.402. The number of hydrogen-bond donors (Lipinski definition) is 1. The van der Waals surface area contributed by atoms with Crippen LogP contribution < -0.4 is 10.1 Å². The molecule has 0 radical (unpaired) electrons. The highest BCUT2D eigenvalue weighted by atomic mass is 32.2. The van der Waals surface area contributed by atoms with E-state index in [1.165, 1.54) is 34.6 Å². The third kappa shape index (κ3) is 6.13. The van der Waals surface area contributed by atoms with Gasteiger partial charge in [0.05, 0.1) is 10.5 Å². The molecule has 0 bridgehead atoms. The molecule has 0 aliphatic carbocycles. The van der Waals surface area contributed by atoms with E-state index in [4.69, 9.17) is 4.74 Å². The molecule has 1 fully saturated rings. The predicted molar refractivity (Wildman–Crippen MR) is 132 cm³/mol. The Morgan fingerprint density at radius 3 is 2.29 bits per heavy atom. The highest BCUT2D eigenvalue weighted by molar-refractivity contribution is 7.89. The largest absolute Gasteiger partial charge is 0.423 e. The number of sulfonamides is 1. The van der Waals surface area contributed by atoms with Gasteiger partial charge < -0.3 is 15.0 Å². The Hall–Kier alpha value is -3.53. The molecule has 8 nitrogen and oxygen atoms in total. The zero-order chi connectivity index (χ0) is 24.8. The summed E-state index contributed by atoms with van der Waals surface area (Å²) in [4.78, 5) is 27.4. The van der Waals surface area contributed by atoms with Crippen molar-refractivity contribution < 1.29 is 22.7 Å². The summed E-state index contributed by atoms with van der Waals surface area (Å²) in [5.41, 5.74) is 1.42. The summed E-state index contributed by atoms with van der Waals surface area (Å²) in [6.07, 6.45) is 0. The van der Waals surface area contributed by atoms with E-state index in [0.717, 1.165) is 5.56 Å². The van der Waals surface area contributed by atoms with Crippen molar-refractivity contribution in [3.8, 4) is 5.75 Å². The zero-order valence-corrected chi connectivity index (χ0v) is 20.2. The molecule has 182 valence electrons. The van der Waals surface area contributed by atoms with E-state index < -0.39 is 16.0 Å². The Kier molecular flexibility index (Phi) is 7.60. The van der Waals surface area contributed by atoms with Crippen LogP contribution in [0.25, 0.3) is 0 Å². The molecule has 1 heterocycles. The van der Waals surface area contributed by atoms with Crippen molar-refractivity contribution in [2.24, 2.45) is 0 Å². The molecular formula is C26H27N3O5S. The molecule has 3 aromatic carbocycles. The number of rotatable bonds is 7. The lowest BCUT2D eigenvalue weighted by Crippen LogP contribution is -2.47. The number of amides is 1. The zero-order valence-electron chi connectivity index (χ0n) is 19.4. The molecule has 0 saturated carbocycles. The minimum atomic E-state index is -3.72. The molecule has 0 spiro atoms. The lowest BCUT2D eigenvalue weighted by atomic mass is 10.2. The van der Waals surface area contributed by atoms with Crippen LogP contribution in [0.3, 0.4) is 0 Å². The number of carbonyl (C=O) groups excluding carboxylic acids is 2. The summed E-state index contributed by atoms with van der Waals surface area (Å²) in [5, 5.41) is 2.83. The van der Waals surface area contributed by atoms with Crippen molar-refractivity contribution in [3.63, 3.8) is 0 Å². The van der Waals surface area contributed by atoms with E-state index in [1.54, 1.807) is 18.2 Å². The number of carbonyl (C=O) groups is 2. The molecule has 1 saturated heterocycles. The van der Waals surface area contributed by atoms with Gasteiger partial charge in [-0.05, 0) is 49.0 Å². The van der Waals surface area contributed by atoms with Crippen LogP contribution in [0, 0.1) is 0 Å². The van der Waals surface area contributed by atoms with Gasteiger partial charge in [0.15, 0.2) is 0 Å². The fourth-order valence-electron chi connectivity index (χ4n) is 3.71. The molecular weight excluding hydrogens is 466 g/mol. The van der Waals surface area contributed by atoms with Crippen LogP contribution in [0.4, 0.5) is 0 Å². The number of likely N-dealkylation sites (N-methyl/N-ethyl adjacent to an activating group) is 1. The highest BCUT2D eigenvalue weighted by Gasteiger charge is 2.28. The number of ether oxygens (including phenoxy) is 1. The van der Waals surface area contributed by atoms with Crippen molar-refractivity contribution >= 4 is 21.9 Å². The Labute approximate surface area is 205 Å². The normalized spacial score (nSPS) is 14.9. The first-order chi connectivity index (χ1) is 16.8.